The number of halogens is 1. The van der Waals surface area contributed by atoms with Crippen LogP contribution in [0.3, 0.4) is 0 Å². The first-order chi connectivity index (χ1) is 8.15. The predicted molar refractivity (Wildman–Crippen MR) is 68.3 cm³/mol. The Balaban J connectivity index is 2.04. The van der Waals surface area contributed by atoms with Crippen molar-refractivity contribution in [3.8, 4) is 0 Å². The van der Waals surface area contributed by atoms with Crippen LogP contribution in [0.5, 0.6) is 0 Å². The second kappa shape index (κ2) is 5.01. The number of carbonyl (C=O) groups excluding carboxylic acids is 1. The second-order valence-electron chi connectivity index (χ2n) is 3.53. The second-order valence-corrected chi connectivity index (χ2v) is 4.45. The lowest BCUT2D eigenvalue weighted by Crippen LogP contribution is -2.23. The molecule has 1 heterocycles. The minimum atomic E-state index is -0.174. The van der Waals surface area contributed by atoms with Gasteiger partial charge in [-0.3, -0.25) is 4.79 Å². The van der Waals surface area contributed by atoms with Gasteiger partial charge in [-0.05, 0) is 18.2 Å². The zero-order chi connectivity index (χ0) is 12.3. The average molecular weight is 295 g/mol. The van der Waals surface area contributed by atoms with Gasteiger partial charge in [-0.15, -0.1) is 0 Å². The third-order valence-corrected chi connectivity index (χ3v) is 2.63. The molecule has 17 heavy (non-hydrogen) atoms. The summed E-state index contributed by atoms with van der Waals surface area (Å²) in [5, 5.41) is 2.77. The topological polar surface area (TPSA) is 83.8 Å². The first-order valence-corrected chi connectivity index (χ1v) is 5.76. The average Bonchev–Trinajstić information content (AvgIpc) is 2.77. The third-order valence-electron chi connectivity index (χ3n) is 2.18. The molecule has 0 saturated heterocycles. The zero-order valence-corrected chi connectivity index (χ0v) is 10.5. The van der Waals surface area contributed by atoms with Gasteiger partial charge in [0.2, 0.25) is 0 Å². The molecule has 0 aliphatic heterocycles. The van der Waals surface area contributed by atoms with Gasteiger partial charge < -0.3 is 16.0 Å². The first-order valence-electron chi connectivity index (χ1n) is 4.96. The smallest absolute Gasteiger partial charge is 0.251 e. The van der Waals surface area contributed by atoms with Crippen LogP contribution in [0.1, 0.15) is 16.1 Å². The minimum absolute atomic E-state index is 0.174. The number of aromatic nitrogens is 2. The summed E-state index contributed by atoms with van der Waals surface area (Å²) in [6, 6.07) is 5.09. The van der Waals surface area contributed by atoms with E-state index in [0.717, 1.165) is 10.2 Å². The molecule has 1 aromatic heterocycles. The highest BCUT2D eigenvalue weighted by Crippen LogP contribution is 2.17. The molecule has 0 atom stereocenters. The maximum atomic E-state index is 11.8. The molecule has 0 spiro atoms. The molecule has 0 fully saturated rings. The van der Waals surface area contributed by atoms with Crippen molar-refractivity contribution in [1.82, 2.24) is 15.3 Å². The van der Waals surface area contributed by atoms with E-state index in [2.05, 4.69) is 31.2 Å². The van der Waals surface area contributed by atoms with E-state index in [1.165, 1.54) is 0 Å². The molecular weight excluding hydrogens is 284 g/mol. The summed E-state index contributed by atoms with van der Waals surface area (Å²) in [5.41, 5.74) is 7.58. The van der Waals surface area contributed by atoms with E-state index in [1.807, 2.05) is 0 Å². The zero-order valence-electron chi connectivity index (χ0n) is 8.90. The Labute approximate surface area is 107 Å². The minimum Gasteiger partial charge on any atom is -0.399 e. The number of nitrogens with zero attached hydrogens (tertiary/aromatic N) is 1. The molecule has 4 N–H and O–H groups in total. The Morgan fingerprint density at radius 3 is 2.94 bits per heavy atom. The number of aromatic amines is 1. The maximum Gasteiger partial charge on any atom is 0.251 e. The van der Waals surface area contributed by atoms with Gasteiger partial charge in [0, 0.05) is 21.9 Å². The summed E-state index contributed by atoms with van der Waals surface area (Å²) >= 11 is 3.29. The number of hydrogen-bond acceptors (Lipinski definition) is 3. The van der Waals surface area contributed by atoms with E-state index < -0.39 is 0 Å². The number of rotatable bonds is 3. The molecule has 1 aromatic carbocycles. The summed E-state index contributed by atoms with van der Waals surface area (Å²) in [4.78, 5) is 18.6. The Morgan fingerprint density at radius 2 is 2.29 bits per heavy atom. The Hall–Kier alpha value is -1.82. The highest BCUT2D eigenvalue weighted by Gasteiger charge is 2.07. The molecule has 0 unspecified atom stereocenters. The van der Waals surface area contributed by atoms with Crippen LogP contribution < -0.4 is 11.1 Å². The number of carbonyl (C=O) groups is 1. The van der Waals surface area contributed by atoms with Gasteiger partial charge in [0.1, 0.15) is 0 Å². The largest absolute Gasteiger partial charge is 0.399 e. The van der Waals surface area contributed by atoms with Crippen molar-refractivity contribution in [3.05, 3.63) is 46.5 Å². The lowest BCUT2D eigenvalue weighted by Gasteiger charge is -2.05. The normalized spacial score (nSPS) is 10.2. The highest BCUT2D eigenvalue weighted by molar-refractivity contribution is 9.10. The molecule has 2 aromatic rings. The van der Waals surface area contributed by atoms with Gasteiger partial charge >= 0.3 is 0 Å². The first kappa shape index (κ1) is 11.7. The van der Waals surface area contributed by atoms with Crippen molar-refractivity contribution in [2.45, 2.75) is 6.54 Å². The SMILES string of the molecule is Nc1cc(Br)cc(C(=O)NCc2cnc[nH]2)c1. The monoisotopic (exact) mass is 294 g/mol. The number of benzene rings is 1. The quantitative estimate of drug-likeness (QED) is 0.753. The molecule has 0 bridgehead atoms. The molecule has 2 rings (SSSR count). The van der Waals surface area contributed by atoms with E-state index >= 15 is 0 Å². The Kier molecular flexibility index (Phi) is 3.43. The number of amides is 1. The third kappa shape index (κ3) is 3.07. The van der Waals surface area contributed by atoms with Crippen molar-refractivity contribution < 1.29 is 4.79 Å². The van der Waals surface area contributed by atoms with Crippen LogP contribution in [0, 0.1) is 0 Å². The highest BCUT2D eigenvalue weighted by atomic mass is 79.9. The van der Waals surface area contributed by atoms with Crippen LogP contribution >= 0.6 is 15.9 Å². The fourth-order valence-corrected chi connectivity index (χ4v) is 1.91. The fourth-order valence-electron chi connectivity index (χ4n) is 1.40. The molecule has 6 heteroatoms. The van der Waals surface area contributed by atoms with E-state index in [0.29, 0.717) is 17.8 Å². The van der Waals surface area contributed by atoms with Crippen molar-refractivity contribution in [2.24, 2.45) is 0 Å². The molecule has 5 nitrogen and oxygen atoms in total. The summed E-state index contributed by atoms with van der Waals surface area (Å²) in [5.74, 6) is -0.174. The van der Waals surface area contributed by atoms with Crippen LogP contribution in [0.2, 0.25) is 0 Å². The van der Waals surface area contributed by atoms with Crippen molar-refractivity contribution >= 4 is 27.5 Å². The van der Waals surface area contributed by atoms with Gasteiger partial charge in [-0.1, -0.05) is 15.9 Å². The number of nitrogens with one attached hydrogen (secondary N) is 2. The Morgan fingerprint density at radius 1 is 1.47 bits per heavy atom. The number of nitrogen functional groups attached to an aromatic ring is 1. The van der Waals surface area contributed by atoms with Crippen molar-refractivity contribution in [2.75, 3.05) is 5.73 Å². The molecule has 88 valence electrons. The van der Waals surface area contributed by atoms with Crippen LogP contribution in [-0.4, -0.2) is 15.9 Å². The van der Waals surface area contributed by atoms with E-state index in [9.17, 15) is 4.79 Å². The molecule has 1 amide bonds. The Bertz CT molecular complexity index is 504. The lowest BCUT2D eigenvalue weighted by atomic mass is 10.2. The van der Waals surface area contributed by atoms with E-state index in [1.54, 1.807) is 30.7 Å². The maximum absolute atomic E-state index is 11.8. The molecule has 0 radical (unpaired) electrons. The number of anilines is 1. The molecule has 0 saturated carbocycles. The molecule has 0 aliphatic rings. The lowest BCUT2D eigenvalue weighted by molar-refractivity contribution is 0.0950. The van der Waals surface area contributed by atoms with Gasteiger partial charge in [-0.25, -0.2) is 4.98 Å². The van der Waals surface area contributed by atoms with Crippen molar-refractivity contribution in [1.29, 1.82) is 0 Å². The standard InChI is InChI=1S/C11H11BrN4O/c12-8-1-7(2-9(13)3-8)11(17)15-5-10-4-14-6-16-10/h1-4,6H,5,13H2,(H,14,16)(H,15,17). The van der Waals surface area contributed by atoms with Gasteiger partial charge in [0.15, 0.2) is 0 Å². The number of hydrogen-bond donors (Lipinski definition) is 3. The predicted octanol–water partition coefficient (Wildman–Crippen LogP) is 1.68. The van der Waals surface area contributed by atoms with Crippen LogP contribution in [-0.2, 0) is 6.54 Å². The summed E-state index contributed by atoms with van der Waals surface area (Å²) in [6.07, 6.45) is 3.23. The molecule has 0 aliphatic carbocycles. The summed E-state index contributed by atoms with van der Waals surface area (Å²) in [7, 11) is 0. The fraction of sp³-hybridized carbons (Fsp3) is 0.0909. The van der Waals surface area contributed by atoms with Gasteiger partial charge in [-0.2, -0.15) is 0 Å². The van der Waals surface area contributed by atoms with Gasteiger partial charge in [0.25, 0.3) is 5.91 Å². The molecular formula is C11H11BrN4O. The number of H-pyrrole nitrogens is 1. The van der Waals surface area contributed by atoms with E-state index in [4.69, 9.17) is 5.73 Å². The van der Waals surface area contributed by atoms with Crippen LogP contribution in [0.15, 0.2) is 35.2 Å². The van der Waals surface area contributed by atoms with E-state index in [-0.39, 0.29) is 5.91 Å². The number of nitrogens with two attached hydrogens (primary N) is 1. The number of imidazole rings is 1. The van der Waals surface area contributed by atoms with Crippen LogP contribution in [0.25, 0.3) is 0 Å². The van der Waals surface area contributed by atoms with Crippen LogP contribution in [0.4, 0.5) is 5.69 Å². The van der Waals surface area contributed by atoms with Crippen molar-refractivity contribution in [3.63, 3.8) is 0 Å². The summed E-state index contributed by atoms with van der Waals surface area (Å²) < 4.78 is 0.782. The summed E-state index contributed by atoms with van der Waals surface area (Å²) in [6.45, 7) is 0.408. The van der Waals surface area contributed by atoms with Gasteiger partial charge in [0.05, 0.1) is 18.6 Å².